The van der Waals surface area contributed by atoms with Crippen molar-refractivity contribution in [2.75, 3.05) is 0 Å². The average molecular weight is 279 g/mol. The Morgan fingerprint density at radius 3 is 2.52 bits per heavy atom. The molecule has 0 atom stereocenters. The second kappa shape index (κ2) is 5.20. The third-order valence-electron chi connectivity index (χ3n) is 3.20. The van der Waals surface area contributed by atoms with Gasteiger partial charge in [-0.3, -0.25) is 4.98 Å². The summed E-state index contributed by atoms with van der Waals surface area (Å²) in [7, 11) is 0. The molecule has 104 valence electrons. The lowest BCUT2D eigenvalue weighted by Gasteiger charge is -2.07. The zero-order valence-corrected chi connectivity index (χ0v) is 11.4. The Balaban J connectivity index is 2.19. The van der Waals surface area contributed by atoms with Crippen LogP contribution in [0.25, 0.3) is 17.1 Å². The molecule has 5 heteroatoms. The smallest absolute Gasteiger partial charge is 0.354 e. The Bertz CT molecular complexity index is 794. The van der Waals surface area contributed by atoms with E-state index in [9.17, 15) is 9.90 Å². The number of carboxylic acid groups (broad SMARTS) is 1. The van der Waals surface area contributed by atoms with Gasteiger partial charge in [0.15, 0.2) is 5.69 Å². The van der Waals surface area contributed by atoms with Crippen LogP contribution in [0.5, 0.6) is 0 Å². The third-order valence-corrected chi connectivity index (χ3v) is 3.20. The van der Waals surface area contributed by atoms with Crippen LogP contribution >= 0.6 is 0 Å². The van der Waals surface area contributed by atoms with Gasteiger partial charge in [-0.1, -0.05) is 24.3 Å². The molecular formula is C16H13N3O2. The van der Waals surface area contributed by atoms with E-state index < -0.39 is 5.97 Å². The summed E-state index contributed by atoms with van der Waals surface area (Å²) in [5.41, 5.74) is 3.00. The number of pyridine rings is 1. The van der Waals surface area contributed by atoms with Crippen LogP contribution in [0.2, 0.25) is 0 Å². The van der Waals surface area contributed by atoms with E-state index in [4.69, 9.17) is 0 Å². The predicted octanol–water partition coefficient (Wildman–Crippen LogP) is 2.94. The van der Waals surface area contributed by atoms with Crippen molar-refractivity contribution in [3.63, 3.8) is 0 Å². The fourth-order valence-corrected chi connectivity index (χ4v) is 2.16. The number of hydrogen-bond donors (Lipinski definition) is 1. The largest absolute Gasteiger partial charge is 0.477 e. The van der Waals surface area contributed by atoms with Crippen molar-refractivity contribution in [1.29, 1.82) is 0 Å². The number of aromatic nitrogens is 3. The molecule has 0 spiro atoms. The van der Waals surface area contributed by atoms with E-state index in [1.54, 1.807) is 18.3 Å². The Hall–Kier alpha value is -2.95. The van der Waals surface area contributed by atoms with Crippen molar-refractivity contribution in [3.05, 3.63) is 66.0 Å². The molecule has 0 saturated heterocycles. The molecule has 3 rings (SSSR count). The normalized spacial score (nSPS) is 10.5. The van der Waals surface area contributed by atoms with Crippen LogP contribution in [0.4, 0.5) is 0 Å². The lowest BCUT2D eigenvalue weighted by molar-refractivity contribution is 0.0687. The molecule has 1 N–H and O–H groups in total. The number of rotatable bonds is 3. The lowest BCUT2D eigenvalue weighted by atomic mass is 10.2. The molecule has 5 nitrogen and oxygen atoms in total. The van der Waals surface area contributed by atoms with E-state index in [0.29, 0.717) is 11.4 Å². The van der Waals surface area contributed by atoms with Gasteiger partial charge in [0.05, 0.1) is 11.4 Å². The molecule has 0 radical (unpaired) electrons. The van der Waals surface area contributed by atoms with Crippen LogP contribution in [0.1, 0.15) is 16.1 Å². The molecule has 1 aromatic carbocycles. The molecule has 0 aliphatic rings. The molecule has 0 fully saturated rings. The highest BCUT2D eigenvalue weighted by atomic mass is 16.4. The number of benzene rings is 1. The summed E-state index contributed by atoms with van der Waals surface area (Å²) < 4.78 is 1.45. The molecule has 21 heavy (non-hydrogen) atoms. The number of carboxylic acids is 1. The third kappa shape index (κ3) is 2.41. The predicted molar refractivity (Wildman–Crippen MR) is 78.5 cm³/mol. The minimum atomic E-state index is -1.02. The molecule has 0 aliphatic carbocycles. The highest BCUT2D eigenvalue weighted by Crippen LogP contribution is 2.21. The Morgan fingerprint density at radius 2 is 1.86 bits per heavy atom. The summed E-state index contributed by atoms with van der Waals surface area (Å²) in [6.07, 6.45) is 1.66. The molecule has 0 amide bonds. The molecule has 0 unspecified atom stereocenters. The van der Waals surface area contributed by atoms with E-state index in [1.165, 1.54) is 10.7 Å². The van der Waals surface area contributed by atoms with Gasteiger partial charge in [-0.05, 0) is 30.7 Å². The Kier molecular flexibility index (Phi) is 3.23. The SMILES string of the molecule is Cc1ccccc1-n1nc(-c2ccccn2)cc1C(=O)O. The topological polar surface area (TPSA) is 68.0 Å². The summed E-state index contributed by atoms with van der Waals surface area (Å²) in [5, 5.41) is 13.8. The van der Waals surface area contributed by atoms with Gasteiger partial charge >= 0.3 is 5.97 Å². The van der Waals surface area contributed by atoms with Crippen molar-refractivity contribution in [1.82, 2.24) is 14.8 Å². The first kappa shape index (κ1) is 13.1. The maximum atomic E-state index is 11.5. The summed E-state index contributed by atoms with van der Waals surface area (Å²) in [4.78, 5) is 15.7. The van der Waals surface area contributed by atoms with E-state index in [1.807, 2.05) is 37.3 Å². The second-order valence-corrected chi connectivity index (χ2v) is 4.63. The molecule has 2 aromatic heterocycles. The minimum absolute atomic E-state index is 0.116. The van der Waals surface area contributed by atoms with Crippen LogP contribution in [0, 0.1) is 6.92 Å². The highest BCUT2D eigenvalue weighted by molar-refractivity contribution is 5.88. The zero-order valence-electron chi connectivity index (χ0n) is 11.4. The number of hydrogen-bond acceptors (Lipinski definition) is 3. The van der Waals surface area contributed by atoms with Gasteiger partial charge in [0.1, 0.15) is 5.69 Å². The molecule has 0 bridgehead atoms. The van der Waals surface area contributed by atoms with E-state index in [-0.39, 0.29) is 5.69 Å². The number of nitrogens with zero attached hydrogens (tertiary/aromatic N) is 3. The first-order valence-electron chi connectivity index (χ1n) is 6.47. The first-order valence-corrected chi connectivity index (χ1v) is 6.47. The van der Waals surface area contributed by atoms with Crippen molar-refractivity contribution in [2.45, 2.75) is 6.92 Å². The fraction of sp³-hybridized carbons (Fsp3) is 0.0625. The van der Waals surface area contributed by atoms with Crippen LogP contribution in [0.15, 0.2) is 54.7 Å². The average Bonchev–Trinajstić information content (AvgIpc) is 2.94. The fourth-order valence-electron chi connectivity index (χ4n) is 2.16. The molecule has 0 saturated carbocycles. The highest BCUT2D eigenvalue weighted by Gasteiger charge is 2.17. The van der Waals surface area contributed by atoms with Gasteiger partial charge in [-0.25, -0.2) is 9.48 Å². The number of aryl methyl sites for hydroxylation is 1. The quantitative estimate of drug-likeness (QED) is 0.800. The number of para-hydroxylation sites is 1. The van der Waals surface area contributed by atoms with E-state index in [2.05, 4.69) is 10.1 Å². The van der Waals surface area contributed by atoms with Crippen molar-refractivity contribution in [2.24, 2.45) is 0 Å². The molecular weight excluding hydrogens is 266 g/mol. The number of aromatic carboxylic acids is 1. The Morgan fingerprint density at radius 1 is 1.10 bits per heavy atom. The number of carbonyl (C=O) groups is 1. The van der Waals surface area contributed by atoms with Crippen molar-refractivity contribution in [3.8, 4) is 17.1 Å². The summed E-state index contributed by atoms with van der Waals surface area (Å²) in [6.45, 7) is 1.92. The van der Waals surface area contributed by atoms with Crippen LogP contribution < -0.4 is 0 Å². The van der Waals surface area contributed by atoms with Crippen LogP contribution in [-0.4, -0.2) is 25.8 Å². The summed E-state index contributed by atoms with van der Waals surface area (Å²) in [5.74, 6) is -1.02. The molecule has 0 aliphatic heterocycles. The second-order valence-electron chi connectivity index (χ2n) is 4.63. The van der Waals surface area contributed by atoms with Gasteiger partial charge in [-0.2, -0.15) is 5.10 Å². The summed E-state index contributed by atoms with van der Waals surface area (Å²) in [6, 6.07) is 14.5. The van der Waals surface area contributed by atoms with Gasteiger partial charge in [0, 0.05) is 12.3 Å². The maximum absolute atomic E-state index is 11.5. The van der Waals surface area contributed by atoms with Gasteiger partial charge in [-0.15, -0.1) is 0 Å². The minimum Gasteiger partial charge on any atom is -0.477 e. The summed E-state index contributed by atoms with van der Waals surface area (Å²) >= 11 is 0. The van der Waals surface area contributed by atoms with Crippen molar-refractivity contribution < 1.29 is 9.90 Å². The monoisotopic (exact) mass is 279 g/mol. The van der Waals surface area contributed by atoms with Gasteiger partial charge in [0.2, 0.25) is 0 Å². The molecule has 2 heterocycles. The van der Waals surface area contributed by atoms with Crippen LogP contribution in [0.3, 0.4) is 0 Å². The van der Waals surface area contributed by atoms with Gasteiger partial charge in [0.25, 0.3) is 0 Å². The standard InChI is InChI=1S/C16H13N3O2/c1-11-6-2-3-8-14(11)19-15(16(20)21)10-13(18-19)12-7-4-5-9-17-12/h2-10H,1H3,(H,20,21). The lowest BCUT2D eigenvalue weighted by Crippen LogP contribution is -2.08. The maximum Gasteiger partial charge on any atom is 0.354 e. The molecule has 3 aromatic rings. The van der Waals surface area contributed by atoms with Crippen molar-refractivity contribution >= 4 is 5.97 Å². The van der Waals surface area contributed by atoms with Gasteiger partial charge < -0.3 is 5.11 Å². The Labute approximate surface area is 121 Å². The van der Waals surface area contributed by atoms with Crippen LogP contribution in [-0.2, 0) is 0 Å². The first-order chi connectivity index (χ1) is 10.2. The zero-order chi connectivity index (χ0) is 14.8. The van der Waals surface area contributed by atoms with E-state index >= 15 is 0 Å². The van der Waals surface area contributed by atoms with E-state index in [0.717, 1.165) is 11.3 Å².